The molecular formula is C38H28N2. The number of aryl methyl sites for hydroxylation is 1. The molecule has 6 aromatic rings. The molecule has 0 saturated heterocycles. The van der Waals surface area contributed by atoms with Gasteiger partial charge >= 0.3 is 0 Å². The highest BCUT2D eigenvalue weighted by atomic mass is 15.1. The minimum absolute atomic E-state index is 0.966. The predicted octanol–water partition coefficient (Wildman–Crippen LogP) is 9.73. The minimum atomic E-state index is 0.966. The average Bonchev–Trinajstić information content (AvgIpc) is 3.52. The number of nitrogens with zero attached hydrogens (tertiary/aromatic N) is 2. The fraction of sp³-hybridized carbons (Fsp3) is 0.0526. The third kappa shape index (κ3) is 3.43. The number of fused-ring (bicyclic) bond motifs is 6. The molecular weight excluding hydrogens is 484 g/mol. The number of hydrogen-bond donors (Lipinski definition) is 0. The maximum atomic E-state index is 4.28. The van der Waals surface area contributed by atoms with Crippen molar-refractivity contribution < 1.29 is 0 Å². The van der Waals surface area contributed by atoms with E-state index in [9.17, 15) is 0 Å². The Labute approximate surface area is 234 Å². The maximum Gasteiger partial charge on any atom is 0.0562 e. The predicted molar refractivity (Wildman–Crippen MR) is 169 cm³/mol. The number of aromatic nitrogens is 1. The van der Waals surface area contributed by atoms with Gasteiger partial charge in [-0.25, -0.2) is 0 Å². The molecule has 1 aliphatic carbocycles. The first kappa shape index (κ1) is 22.9. The normalized spacial score (nSPS) is 13.8. The van der Waals surface area contributed by atoms with E-state index < -0.39 is 0 Å². The van der Waals surface area contributed by atoms with E-state index >= 15 is 0 Å². The van der Waals surface area contributed by atoms with Crippen LogP contribution in [-0.4, -0.2) is 4.57 Å². The summed E-state index contributed by atoms with van der Waals surface area (Å²) in [6.45, 7) is 6.48. The zero-order valence-corrected chi connectivity index (χ0v) is 22.4. The Hall–Kier alpha value is -5.08. The van der Waals surface area contributed by atoms with Crippen LogP contribution in [0.5, 0.6) is 0 Å². The molecule has 2 heterocycles. The first-order valence-corrected chi connectivity index (χ1v) is 13.8. The molecule has 5 aromatic carbocycles. The number of anilines is 1. The second-order valence-corrected chi connectivity index (χ2v) is 10.8. The third-order valence-electron chi connectivity index (χ3n) is 8.43. The molecule has 190 valence electrons. The van der Waals surface area contributed by atoms with E-state index in [1.165, 1.54) is 60.8 Å². The van der Waals surface area contributed by atoms with Gasteiger partial charge in [0, 0.05) is 28.4 Å². The molecule has 2 aliphatic rings. The van der Waals surface area contributed by atoms with Crippen molar-refractivity contribution in [3.8, 4) is 27.9 Å². The largest absolute Gasteiger partial charge is 0.317 e. The highest BCUT2D eigenvalue weighted by Crippen LogP contribution is 2.41. The van der Waals surface area contributed by atoms with Crippen molar-refractivity contribution in [2.75, 3.05) is 4.90 Å². The van der Waals surface area contributed by atoms with E-state index in [2.05, 4.69) is 144 Å². The SMILES string of the molecule is C=C1C=CC=CN1c1cc2c(cc1C)c1cc(-c3ccc4c(c3)-c3ccccc3C4)ccc1n2-c1ccccc1. The number of para-hydroxylation sites is 1. The van der Waals surface area contributed by atoms with Gasteiger partial charge in [-0.3, -0.25) is 0 Å². The Bertz CT molecular complexity index is 2050. The zero-order valence-electron chi connectivity index (χ0n) is 22.4. The van der Waals surface area contributed by atoms with Crippen molar-refractivity contribution >= 4 is 27.5 Å². The molecule has 0 unspecified atom stereocenters. The summed E-state index contributed by atoms with van der Waals surface area (Å²) in [5.41, 5.74) is 15.0. The monoisotopic (exact) mass is 512 g/mol. The van der Waals surface area contributed by atoms with Crippen molar-refractivity contribution in [2.45, 2.75) is 13.3 Å². The molecule has 0 amide bonds. The van der Waals surface area contributed by atoms with Crippen LogP contribution in [0.1, 0.15) is 16.7 Å². The van der Waals surface area contributed by atoms with Crippen LogP contribution in [-0.2, 0) is 6.42 Å². The van der Waals surface area contributed by atoms with E-state index in [0.717, 1.165) is 23.5 Å². The molecule has 2 heteroatoms. The summed E-state index contributed by atoms with van der Waals surface area (Å²) in [5, 5.41) is 2.52. The van der Waals surface area contributed by atoms with Gasteiger partial charge < -0.3 is 9.47 Å². The summed E-state index contributed by atoms with van der Waals surface area (Å²) >= 11 is 0. The number of hydrogen-bond acceptors (Lipinski definition) is 1. The quantitative estimate of drug-likeness (QED) is 0.229. The maximum absolute atomic E-state index is 4.28. The fourth-order valence-corrected chi connectivity index (χ4v) is 6.47. The molecule has 0 radical (unpaired) electrons. The molecule has 0 N–H and O–H groups in total. The Morgan fingerprint density at radius 3 is 2.27 bits per heavy atom. The summed E-state index contributed by atoms with van der Waals surface area (Å²) in [4.78, 5) is 2.18. The summed E-state index contributed by atoms with van der Waals surface area (Å²) in [6.07, 6.45) is 9.26. The molecule has 8 rings (SSSR count). The lowest BCUT2D eigenvalue weighted by atomic mass is 9.97. The molecule has 0 fully saturated rings. The second kappa shape index (κ2) is 8.72. The highest BCUT2D eigenvalue weighted by molar-refractivity contribution is 6.12. The van der Waals surface area contributed by atoms with Crippen LogP contribution in [0.2, 0.25) is 0 Å². The molecule has 0 spiro atoms. The second-order valence-electron chi connectivity index (χ2n) is 10.8. The fourth-order valence-electron chi connectivity index (χ4n) is 6.47. The van der Waals surface area contributed by atoms with Gasteiger partial charge in [-0.05, 0) is 107 Å². The number of benzene rings is 5. The average molecular weight is 513 g/mol. The van der Waals surface area contributed by atoms with Gasteiger partial charge in [0.1, 0.15) is 0 Å². The minimum Gasteiger partial charge on any atom is -0.317 e. The van der Waals surface area contributed by atoms with Gasteiger partial charge in [0.05, 0.1) is 16.7 Å². The van der Waals surface area contributed by atoms with Gasteiger partial charge in [0.2, 0.25) is 0 Å². The van der Waals surface area contributed by atoms with Crippen molar-refractivity contribution in [2.24, 2.45) is 0 Å². The third-order valence-corrected chi connectivity index (χ3v) is 8.43. The lowest BCUT2D eigenvalue weighted by Gasteiger charge is -2.25. The van der Waals surface area contributed by atoms with Crippen molar-refractivity contribution in [3.63, 3.8) is 0 Å². The molecule has 0 bridgehead atoms. The molecule has 40 heavy (non-hydrogen) atoms. The smallest absolute Gasteiger partial charge is 0.0562 e. The molecule has 0 atom stereocenters. The van der Waals surface area contributed by atoms with Crippen LogP contribution in [0.15, 0.2) is 140 Å². The Morgan fingerprint density at radius 1 is 0.650 bits per heavy atom. The van der Waals surface area contributed by atoms with Gasteiger partial charge in [-0.2, -0.15) is 0 Å². The van der Waals surface area contributed by atoms with Crippen LogP contribution in [0.4, 0.5) is 5.69 Å². The van der Waals surface area contributed by atoms with Gasteiger partial charge in [-0.15, -0.1) is 0 Å². The van der Waals surface area contributed by atoms with Crippen molar-refractivity contribution in [1.82, 2.24) is 4.57 Å². The molecule has 0 saturated carbocycles. The highest BCUT2D eigenvalue weighted by Gasteiger charge is 2.20. The van der Waals surface area contributed by atoms with E-state index in [0.29, 0.717) is 0 Å². The Morgan fingerprint density at radius 2 is 1.40 bits per heavy atom. The first-order valence-electron chi connectivity index (χ1n) is 13.8. The molecule has 1 aromatic heterocycles. The summed E-state index contributed by atoms with van der Waals surface area (Å²) in [5.74, 6) is 0. The van der Waals surface area contributed by atoms with E-state index in [1.807, 2.05) is 6.08 Å². The zero-order chi connectivity index (χ0) is 26.8. The van der Waals surface area contributed by atoms with Crippen LogP contribution >= 0.6 is 0 Å². The standard InChI is InChI=1S/C38H28N2/c1-25-20-34-35-23-28(27-15-16-30-21-29-11-6-7-14-32(29)33(30)22-27)17-18-36(35)40(31-12-4-3-5-13-31)38(34)24-37(25)39-19-9-8-10-26(39)2/h3-20,22-24H,2,21H2,1H3. The van der Waals surface area contributed by atoms with Gasteiger partial charge in [-0.1, -0.05) is 73.3 Å². The Kier molecular flexibility index (Phi) is 4.99. The van der Waals surface area contributed by atoms with Crippen LogP contribution < -0.4 is 4.90 Å². The van der Waals surface area contributed by atoms with Gasteiger partial charge in [0.25, 0.3) is 0 Å². The topological polar surface area (TPSA) is 8.17 Å². The molecule has 1 aliphatic heterocycles. The lowest BCUT2D eigenvalue weighted by molar-refractivity contribution is 1.16. The van der Waals surface area contributed by atoms with Crippen LogP contribution in [0, 0.1) is 6.92 Å². The van der Waals surface area contributed by atoms with Crippen molar-refractivity contribution in [3.05, 3.63) is 157 Å². The Balaban J connectivity index is 1.35. The van der Waals surface area contributed by atoms with E-state index in [-0.39, 0.29) is 0 Å². The van der Waals surface area contributed by atoms with Gasteiger partial charge in [0.15, 0.2) is 0 Å². The summed E-state index contributed by atoms with van der Waals surface area (Å²) in [7, 11) is 0. The lowest BCUT2D eigenvalue weighted by Crippen LogP contribution is -2.15. The van der Waals surface area contributed by atoms with Crippen LogP contribution in [0.25, 0.3) is 49.7 Å². The van der Waals surface area contributed by atoms with Crippen LogP contribution in [0.3, 0.4) is 0 Å². The summed E-state index contributed by atoms with van der Waals surface area (Å²) in [6, 6.07) is 38.0. The van der Waals surface area contributed by atoms with E-state index in [1.54, 1.807) is 0 Å². The number of rotatable bonds is 3. The summed E-state index contributed by atoms with van der Waals surface area (Å²) < 4.78 is 2.39. The van der Waals surface area contributed by atoms with E-state index in [4.69, 9.17) is 0 Å². The first-order chi connectivity index (χ1) is 19.7. The number of allylic oxidation sites excluding steroid dienone is 3. The molecule has 2 nitrogen and oxygen atoms in total. The van der Waals surface area contributed by atoms with Crippen molar-refractivity contribution in [1.29, 1.82) is 0 Å².